The summed E-state index contributed by atoms with van der Waals surface area (Å²) < 4.78 is 0. The summed E-state index contributed by atoms with van der Waals surface area (Å²) in [5.41, 5.74) is 0. The number of rotatable bonds is 2. The highest BCUT2D eigenvalue weighted by Gasteiger charge is 2.41. The van der Waals surface area contributed by atoms with Crippen molar-refractivity contribution in [3.8, 4) is 0 Å². The van der Waals surface area contributed by atoms with E-state index in [2.05, 4.69) is 20.4 Å². The summed E-state index contributed by atoms with van der Waals surface area (Å²) in [5.74, 6) is 4.56. The SMILES string of the molecule is C1CN(c2n[nH]c(C3CC4CCC3C4)n2)CCN1. The van der Waals surface area contributed by atoms with Gasteiger partial charge in [0.15, 0.2) is 0 Å². The van der Waals surface area contributed by atoms with Crippen LogP contribution in [0.5, 0.6) is 0 Å². The number of fused-ring (bicyclic) bond motifs is 2. The highest BCUT2D eigenvalue weighted by molar-refractivity contribution is 5.30. The number of aromatic amines is 1. The van der Waals surface area contributed by atoms with Gasteiger partial charge in [-0.1, -0.05) is 6.42 Å². The van der Waals surface area contributed by atoms with E-state index in [1.165, 1.54) is 25.7 Å². The molecule has 0 spiro atoms. The van der Waals surface area contributed by atoms with Gasteiger partial charge >= 0.3 is 0 Å². The fourth-order valence-electron chi connectivity index (χ4n) is 4.02. The Morgan fingerprint density at radius 3 is 2.72 bits per heavy atom. The number of piperazine rings is 1. The maximum absolute atomic E-state index is 4.77. The van der Waals surface area contributed by atoms with Crippen molar-refractivity contribution in [1.82, 2.24) is 20.5 Å². The maximum Gasteiger partial charge on any atom is 0.244 e. The Morgan fingerprint density at radius 1 is 1.11 bits per heavy atom. The van der Waals surface area contributed by atoms with Crippen LogP contribution in [-0.2, 0) is 0 Å². The van der Waals surface area contributed by atoms with Crippen molar-refractivity contribution in [2.75, 3.05) is 31.1 Å². The Balaban J connectivity index is 1.51. The van der Waals surface area contributed by atoms with E-state index < -0.39 is 0 Å². The Labute approximate surface area is 107 Å². The van der Waals surface area contributed by atoms with Crippen molar-refractivity contribution >= 4 is 5.95 Å². The summed E-state index contributed by atoms with van der Waals surface area (Å²) in [4.78, 5) is 7.05. The number of hydrogen-bond donors (Lipinski definition) is 2. The number of nitrogens with one attached hydrogen (secondary N) is 2. The van der Waals surface area contributed by atoms with E-state index in [4.69, 9.17) is 4.98 Å². The normalized spacial score (nSPS) is 35.3. The van der Waals surface area contributed by atoms with Gasteiger partial charge in [0, 0.05) is 32.1 Å². The first-order valence-electron chi connectivity index (χ1n) is 7.28. The predicted octanol–water partition coefficient (Wildman–Crippen LogP) is 1.12. The van der Waals surface area contributed by atoms with Gasteiger partial charge in [-0.05, 0) is 31.1 Å². The molecule has 2 N–H and O–H groups in total. The van der Waals surface area contributed by atoms with Crippen LogP contribution in [0.25, 0.3) is 0 Å². The minimum Gasteiger partial charge on any atom is -0.337 e. The third kappa shape index (κ3) is 1.72. The third-order valence-corrected chi connectivity index (χ3v) is 4.98. The molecule has 3 aliphatic rings. The number of anilines is 1. The molecule has 0 amide bonds. The van der Waals surface area contributed by atoms with Crippen LogP contribution in [0.4, 0.5) is 5.95 Å². The number of H-pyrrole nitrogens is 1. The van der Waals surface area contributed by atoms with Gasteiger partial charge in [0.05, 0.1) is 0 Å². The van der Waals surface area contributed by atoms with Gasteiger partial charge in [-0.25, -0.2) is 0 Å². The van der Waals surface area contributed by atoms with Gasteiger partial charge in [0.2, 0.25) is 5.95 Å². The summed E-state index contributed by atoms with van der Waals surface area (Å²) in [6, 6.07) is 0. The van der Waals surface area contributed by atoms with Crippen molar-refractivity contribution in [1.29, 1.82) is 0 Å². The van der Waals surface area contributed by atoms with Crippen molar-refractivity contribution < 1.29 is 0 Å². The van der Waals surface area contributed by atoms with Gasteiger partial charge in [-0.3, -0.25) is 5.10 Å². The lowest BCUT2D eigenvalue weighted by Crippen LogP contribution is -2.44. The molecule has 98 valence electrons. The molecule has 1 aromatic heterocycles. The summed E-state index contributed by atoms with van der Waals surface area (Å²) in [6.07, 6.45) is 5.61. The van der Waals surface area contributed by atoms with E-state index in [1.54, 1.807) is 0 Å². The summed E-state index contributed by atoms with van der Waals surface area (Å²) in [7, 11) is 0. The van der Waals surface area contributed by atoms with Crippen LogP contribution >= 0.6 is 0 Å². The number of nitrogens with zero attached hydrogens (tertiary/aromatic N) is 3. The zero-order valence-corrected chi connectivity index (χ0v) is 10.7. The molecule has 3 atom stereocenters. The van der Waals surface area contributed by atoms with Gasteiger partial charge in [0.1, 0.15) is 5.82 Å². The second-order valence-electron chi connectivity index (χ2n) is 6.04. The van der Waals surface area contributed by atoms with Gasteiger partial charge in [-0.2, -0.15) is 4.98 Å². The summed E-state index contributed by atoms with van der Waals surface area (Å²) in [5, 5.41) is 11.0. The zero-order valence-electron chi connectivity index (χ0n) is 10.7. The molecule has 5 heteroatoms. The van der Waals surface area contributed by atoms with Gasteiger partial charge < -0.3 is 10.2 Å². The van der Waals surface area contributed by atoms with Crippen LogP contribution < -0.4 is 10.2 Å². The first-order chi connectivity index (χ1) is 8.90. The number of aromatic nitrogens is 3. The maximum atomic E-state index is 4.77. The monoisotopic (exact) mass is 247 g/mol. The van der Waals surface area contributed by atoms with Crippen molar-refractivity contribution in [3.05, 3.63) is 5.82 Å². The molecule has 2 saturated carbocycles. The highest BCUT2D eigenvalue weighted by atomic mass is 15.4. The van der Waals surface area contributed by atoms with Crippen LogP contribution in [0.3, 0.4) is 0 Å². The molecule has 0 aromatic carbocycles. The summed E-state index contributed by atoms with van der Waals surface area (Å²) >= 11 is 0. The molecule has 18 heavy (non-hydrogen) atoms. The molecular formula is C13H21N5. The lowest BCUT2D eigenvalue weighted by atomic mass is 9.88. The molecule has 0 radical (unpaired) electrons. The highest BCUT2D eigenvalue weighted by Crippen LogP contribution is 2.52. The molecule has 3 unspecified atom stereocenters. The molecule has 2 heterocycles. The lowest BCUT2D eigenvalue weighted by Gasteiger charge is -2.26. The van der Waals surface area contributed by atoms with Crippen LogP contribution in [0.2, 0.25) is 0 Å². The Morgan fingerprint density at radius 2 is 2.00 bits per heavy atom. The second kappa shape index (κ2) is 4.23. The molecular weight excluding hydrogens is 226 g/mol. The minimum atomic E-state index is 0.660. The third-order valence-electron chi connectivity index (χ3n) is 4.98. The van der Waals surface area contributed by atoms with E-state index in [-0.39, 0.29) is 0 Å². The fraction of sp³-hybridized carbons (Fsp3) is 0.846. The largest absolute Gasteiger partial charge is 0.337 e. The van der Waals surface area contributed by atoms with E-state index in [9.17, 15) is 0 Å². The van der Waals surface area contributed by atoms with Crippen LogP contribution in [0.1, 0.15) is 37.4 Å². The molecule has 1 aliphatic heterocycles. The second-order valence-corrected chi connectivity index (χ2v) is 6.04. The molecule has 3 fully saturated rings. The first-order valence-corrected chi connectivity index (χ1v) is 7.28. The van der Waals surface area contributed by atoms with Gasteiger partial charge in [0.25, 0.3) is 0 Å². The van der Waals surface area contributed by atoms with Crippen molar-refractivity contribution in [2.45, 2.75) is 31.6 Å². The molecule has 5 nitrogen and oxygen atoms in total. The van der Waals surface area contributed by atoms with Gasteiger partial charge in [-0.15, -0.1) is 5.10 Å². The van der Waals surface area contributed by atoms with Crippen LogP contribution in [0.15, 0.2) is 0 Å². The smallest absolute Gasteiger partial charge is 0.244 e. The lowest BCUT2D eigenvalue weighted by molar-refractivity contribution is 0.406. The molecule has 1 aromatic rings. The molecule has 2 bridgehead atoms. The Kier molecular flexibility index (Phi) is 2.53. The fourth-order valence-corrected chi connectivity index (χ4v) is 4.02. The first kappa shape index (κ1) is 10.8. The van der Waals surface area contributed by atoms with Crippen molar-refractivity contribution in [3.63, 3.8) is 0 Å². The molecule has 1 saturated heterocycles. The average molecular weight is 247 g/mol. The van der Waals surface area contributed by atoms with E-state index in [1.807, 2.05) is 0 Å². The quantitative estimate of drug-likeness (QED) is 0.822. The molecule has 4 rings (SSSR count). The van der Waals surface area contributed by atoms with E-state index >= 15 is 0 Å². The minimum absolute atomic E-state index is 0.660. The van der Waals surface area contributed by atoms with Crippen molar-refractivity contribution in [2.24, 2.45) is 11.8 Å². The van der Waals surface area contributed by atoms with Crippen LogP contribution in [0, 0.1) is 11.8 Å². The van der Waals surface area contributed by atoms with Crippen LogP contribution in [-0.4, -0.2) is 41.4 Å². The zero-order chi connectivity index (χ0) is 11.9. The summed E-state index contributed by atoms with van der Waals surface area (Å²) in [6.45, 7) is 4.12. The topological polar surface area (TPSA) is 56.8 Å². The average Bonchev–Trinajstić information content (AvgIpc) is 3.15. The Bertz CT molecular complexity index is 423. The number of hydrogen-bond acceptors (Lipinski definition) is 4. The standard InChI is InChI=1S/C13H21N5/c1-2-10-7-9(1)8-11(10)12-15-13(17-16-12)18-5-3-14-4-6-18/h9-11,14H,1-8H2,(H,15,16,17). The molecule has 2 aliphatic carbocycles. The Hall–Kier alpha value is -1.10. The van der Waals surface area contributed by atoms with E-state index in [0.29, 0.717) is 5.92 Å². The van der Waals surface area contributed by atoms with E-state index in [0.717, 1.165) is 49.8 Å². The predicted molar refractivity (Wildman–Crippen MR) is 69.7 cm³/mol.